The fourth-order valence-corrected chi connectivity index (χ4v) is 3.85. The second-order valence-electron chi connectivity index (χ2n) is 6.88. The van der Waals surface area contributed by atoms with Crippen LogP contribution in [0.4, 0.5) is 0 Å². The van der Waals surface area contributed by atoms with Crippen LogP contribution in [-0.2, 0) is 0 Å². The molecule has 4 nitrogen and oxygen atoms in total. The van der Waals surface area contributed by atoms with Crippen LogP contribution in [0.1, 0.15) is 44.9 Å². The lowest BCUT2D eigenvalue weighted by Gasteiger charge is -2.60. The molecule has 4 heteroatoms. The number of hydrogen-bond acceptors (Lipinski definition) is 2. The summed E-state index contributed by atoms with van der Waals surface area (Å²) >= 11 is 0. The average Bonchev–Trinajstić information content (AvgIpc) is 3.08. The quantitative estimate of drug-likeness (QED) is 0.585. The molecule has 3 aliphatic carbocycles. The number of hydrogen-bond donors (Lipinski definition) is 2. The van der Waals surface area contributed by atoms with Crippen molar-refractivity contribution in [2.75, 3.05) is 20.2 Å². The number of rotatable bonds is 4. The number of nitrogens with zero attached hydrogens (tertiary/aromatic N) is 2. The van der Waals surface area contributed by atoms with Gasteiger partial charge in [0.1, 0.15) is 0 Å². The van der Waals surface area contributed by atoms with Crippen LogP contribution in [0.15, 0.2) is 4.99 Å². The number of nitrogens with two attached hydrogens (primary N) is 1. The van der Waals surface area contributed by atoms with E-state index in [9.17, 15) is 5.11 Å². The van der Waals surface area contributed by atoms with E-state index in [0.717, 1.165) is 12.8 Å². The van der Waals surface area contributed by atoms with Gasteiger partial charge in [-0.2, -0.15) is 0 Å². The predicted molar refractivity (Wildman–Crippen MR) is 72.3 cm³/mol. The molecule has 0 heterocycles. The lowest BCUT2D eigenvalue weighted by Crippen LogP contribution is -2.54. The summed E-state index contributed by atoms with van der Waals surface area (Å²) in [6.45, 7) is 0.965. The van der Waals surface area contributed by atoms with E-state index in [-0.39, 0.29) is 12.0 Å². The summed E-state index contributed by atoms with van der Waals surface area (Å²) in [4.78, 5) is 6.62. The Morgan fingerprint density at radius 2 is 2.06 bits per heavy atom. The van der Waals surface area contributed by atoms with Gasteiger partial charge in [-0.3, -0.25) is 4.99 Å². The highest BCUT2D eigenvalue weighted by molar-refractivity contribution is 5.78. The Bertz CT molecular complexity index is 350. The zero-order chi connectivity index (χ0) is 12.8. The van der Waals surface area contributed by atoms with Gasteiger partial charge in [0.2, 0.25) is 0 Å². The van der Waals surface area contributed by atoms with Crippen molar-refractivity contribution in [1.29, 1.82) is 0 Å². The molecule has 102 valence electrons. The summed E-state index contributed by atoms with van der Waals surface area (Å²) in [6.07, 6.45) is 8.87. The van der Waals surface area contributed by atoms with E-state index in [2.05, 4.69) is 9.89 Å². The summed E-state index contributed by atoms with van der Waals surface area (Å²) in [7, 11) is 2.02. The standard InChI is InChI=1S/C14H25N3O/c1-17(11-3-4-11)12(15)16-9-14(10-18)7-13(8-14)5-2-6-13/h11,18H,2-10H2,1H3,(H2,15,16). The molecule has 0 bridgehead atoms. The molecule has 0 aromatic carbocycles. The van der Waals surface area contributed by atoms with Crippen molar-refractivity contribution in [2.24, 2.45) is 21.6 Å². The Labute approximate surface area is 109 Å². The van der Waals surface area contributed by atoms with Gasteiger partial charge in [0.05, 0.1) is 13.2 Å². The topological polar surface area (TPSA) is 61.8 Å². The van der Waals surface area contributed by atoms with Crippen LogP contribution in [0.5, 0.6) is 0 Å². The van der Waals surface area contributed by atoms with Crippen LogP contribution in [0.2, 0.25) is 0 Å². The summed E-state index contributed by atoms with van der Waals surface area (Å²) < 4.78 is 0. The zero-order valence-corrected chi connectivity index (χ0v) is 11.4. The third-order valence-corrected chi connectivity index (χ3v) is 5.28. The Morgan fingerprint density at radius 3 is 2.50 bits per heavy atom. The molecule has 3 saturated carbocycles. The van der Waals surface area contributed by atoms with Gasteiger partial charge in [0.25, 0.3) is 0 Å². The summed E-state index contributed by atoms with van der Waals surface area (Å²) in [5, 5.41) is 9.64. The minimum Gasteiger partial charge on any atom is -0.396 e. The van der Waals surface area contributed by atoms with Gasteiger partial charge < -0.3 is 15.7 Å². The van der Waals surface area contributed by atoms with Crippen molar-refractivity contribution in [2.45, 2.75) is 51.0 Å². The maximum Gasteiger partial charge on any atom is 0.191 e. The van der Waals surface area contributed by atoms with Crippen LogP contribution < -0.4 is 5.73 Å². The van der Waals surface area contributed by atoms with Gasteiger partial charge in [-0.1, -0.05) is 6.42 Å². The van der Waals surface area contributed by atoms with Crippen LogP contribution in [0.3, 0.4) is 0 Å². The van der Waals surface area contributed by atoms with E-state index in [1.807, 2.05) is 7.05 Å². The fourth-order valence-electron chi connectivity index (χ4n) is 3.85. The van der Waals surface area contributed by atoms with E-state index in [0.29, 0.717) is 24.0 Å². The third-order valence-electron chi connectivity index (χ3n) is 5.28. The molecule has 1 spiro atoms. The molecule has 0 amide bonds. The Morgan fingerprint density at radius 1 is 1.39 bits per heavy atom. The second kappa shape index (κ2) is 4.12. The molecule has 0 radical (unpaired) electrons. The molecular weight excluding hydrogens is 226 g/mol. The summed E-state index contributed by atoms with van der Waals surface area (Å²) in [6, 6.07) is 0.609. The molecule has 3 rings (SSSR count). The molecule has 0 unspecified atom stereocenters. The molecule has 3 aliphatic rings. The first-order valence-corrected chi connectivity index (χ1v) is 7.22. The Hall–Kier alpha value is -0.770. The van der Waals surface area contributed by atoms with Crippen molar-refractivity contribution < 1.29 is 5.11 Å². The van der Waals surface area contributed by atoms with Gasteiger partial charge in [-0.05, 0) is 43.9 Å². The molecule has 18 heavy (non-hydrogen) atoms. The van der Waals surface area contributed by atoms with E-state index < -0.39 is 0 Å². The highest BCUT2D eigenvalue weighted by Crippen LogP contribution is 2.64. The van der Waals surface area contributed by atoms with Crippen LogP contribution in [-0.4, -0.2) is 42.2 Å². The number of aliphatic hydroxyl groups excluding tert-OH is 1. The maximum atomic E-state index is 9.64. The molecule has 0 aromatic heterocycles. The first kappa shape index (κ1) is 12.3. The monoisotopic (exact) mass is 251 g/mol. The molecule has 0 saturated heterocycles. The molecule has 0 aromatic rings. The van der Waals surface area contributed by atoms with Gasteiger partial charge in [-0.15, -0.1) is 0 Å². The molecule has 0 atom stereocenters. The van der Waals surface area contributed by atoms with E-state index >= 15 is 0 Å². The zero-order valence-electron chi connectivity index (χ0n) is 11.4. The van der Waals surface area contributed by atoms with Crippen LogP contribution in [0.25, 0.3) is 0 Å². The van der Waals surface area contributed by atoms with Crippen LogP contribution in [0, 0.1) is 10.8 Å². The highest BCUT2D eigenvalue weighted by atomic mass is 16.3. The second-order valence-corrected chi connectivity index (χ2v) is 6.88. The smallest absolute Gasteiger partial charge is 0.191 e. The minimum atomic E-state index is 0.0371. The summed E-state index contributed by atoms with van der Waals surface area (Å²) in [5.41, 5.74) is 6.62. The Balaban J connectivity index is 1.56. The van der Waals surface area contributed by atoms with Crippen molar-refractivity contribution >= 4 is 5.96 Å². The molecule has 0 aliphatic heterocycles. The number of aliphatic imine (C=N–C) groups is 1. The molecule has 3 fully saturated rings. The highest BCUT2D eigenvalue weighted by Gasteiger charge is 2.56. The van der Waals surface area contributed by atoms with Gasteiger partial charge in [-0.25, -0.2) is 0 Å². The van der Waals surface area contributed by atoms with E-state index in [4.69, 9.17) is 5.73 Å². The Kier molecular flexibility index (Phi) is 2.81. The number of guanidine groups is 1. The maximum absolute atomic E-state index is 9.64. The van der Waals surface area contributed by atoms with Crippen molar-refractivity contribution in [3.8, 4) is 0 Å². The molecular formula is C14H25N3O. The lowest BCUT2D eigenvalue weighted by atomic mass is 9.45. The van der Waals surface area contributed by atoms with Gasteiger partial charge >= 0.3 is 0 Å². The van der Waals surface area contributed by atoms with Crippen molar-refractivity contribution in [3.05, 3.63) is 0 Å². The minimum absolute atomic E-state index is 0.0371. The van der Waals surface area contributed by atoms with Crippen molar-refractivity contribution in [3.63, 3.8) is 0 Å². The largest absolute Gasteiger partial charge is 0.396 e. The van der Waals surface area contributed by atoms with Crippen molar-refractivity contribution in [1.82, 2.24) is 4.90 Å². The lowest BCUT2D eigenvalue weighted by molar-refractivity contribution is -0.115. The first-order valence-electron chi connectivity index (χ1n) is 7.22. The SMILES string of the molecule is CN(C(N)=NCC1(CO)CC2(CCC2)C1)C1CC1. The summed E-state index contributed by atoms with van der Waals surface area (Å²) in [5.74, 6) is 0.653. The molecule has 3 N–H and O–H groups in total. The van der Waals surface area contributed by atoms with Crippen LogP contribution >= 0.6 is 0 Å². The third kappa shape index (κ3) is 2.00. The predicted octanol–water partition coefficient (Wildman–Crippen LogP) is 1.34. The van der Waals surface area contributed by atoms with Gasteiger partial charge in [0.15, 0.2) is 5.96 Å². The normalized spacial score (nSPS) is 28.7. The van der Waals surface area contributed by atoms with Gasteiger partial charge in [0, 0.05) is 18.5 Å². The number of aliphatic hydroxyl groups is 1. The van der Waals surface area contributed by atoms with E-state index in [1.165, 1.54) is 32.1 Å². The van der Waals surface area contributed by atoms with E-state index in [1.54, 1.807) is 0 Å². The fraction of sp³-hybridized carbons (Fsp3) is 0.929. The first-order chi connectivity index (χ1) is 8.58. The average molecular weight is 251 g/mol.